The van der Waals surface area contributed by atoms with Gasteiger partial charge in [0.1, 0.15) is 11.6 Å². The van der Waals surface area contributed by atoms with Crippen molar-refractivity contribution >= 4 is 17.4 Å². The molecule has 1 amide bonds. The number of amides is 1. The Morgan fingerprint density at radius 2 is 2.09 bits per heavy atom. The lowest BCUT2D eigenvalue weighted by molar-refractivity contribution is -0.117. The maximum Gasteiger partial charge on any atom is 0.252 e. The van der Waals surface area contributed by atoms with Gasteiger partial charge in [-0.3, -0.25) is 24.0 Å². The Labute approximate surface area is 192 Å². The van der Waals surface area contributed by atoms with E-state index in [0.29, 0.717) is 12.6 Å². The highest BCUT2D eigenvalue weighted by atomic mass is 16.5. The maximum atomic E-state index is 12.7. The van der Waals surface area contributed by atoms with E-state index in [1.54, 1.807) is 16.7 Å². The number of aromatic nitrogens is 2. The molecule has 0 saturated carbocycles. The van der Waals surface area contributed by atoms with Crippen molar-refractivity contribution in [2.45, 2.75) is 50.9 Å². The molecular formula is C24H30N6O3. The number of hydrogen-bond acceptors (Lipinski definition) is 7. The Balaban J connectivity index is 1.04. The number of carbonyl (C=O) groups is 1. The van der Waals surface area contributed by atoms with Crippen LogP contribution in [0.5, 0.6) is 5.75 Å². The van der Waals surface area contributed by atoms with E-state index >= 15 is 0 Å². The second-order valence-corrected chi connectivity index (χ2v) is 9.48. The zero-order valence-electron chi connectivity index (χ0n) is 18.8. The number of aryl methyl sites for hydroxylation is 1. The number of ether oxygens (including phenoxy) is 1. The highest BCUT2D eigenvalue weighted by molar-refractivity contribution is 6.02. The minimum atomic E-state index is -0.0389. The maximum absolute atomic E-state index is 12.7. The fraction of sp³-hybridized carbons (Fsp3) is 0.542. The van der Waals surface area contributed by atoms with Crippen LogP contribution in [-0.2, 0) is 24.3 Å². The Morgan fingerprint density at radius 3 is 2.97 bits per heavy atom. The van der Waals surface area contributed by atoms with Gasteiger partial charge < -0.3 is 20.3 Å². The zero-order chi connectivity index (χ0) is 22.4. The highest BCUT2D eigenvalue weighted by Crippen LogP contribution is 2.35. The summed E-state index contributed by atoms with van der Waals surface area (Å²) in [5.41, 5.74) is 3.18. The normalized spacial score (nSPS) is 22.5. The summed E-state index contributed by atoms with van der Waals surface area (Å²) < 4.78 is 7.41. The van der Waals surface area contributed by atoms with Gasteiger partial charge in [0.15, 0.2) is 0 Å². The summed E-state index contributed by atoms with van der Waals surface area (Å²) in [4.78, 5) is 33.9. The first kappa shape index (κ1) is 20.7. The molecule has 1 unspecified atom stereocenters. The lowest BCUT2D eigenvalue weighted by Gasteiger charge is -2.36. The molecule has 0 aliphatic carbocycles. The topological polar surface area (TPSA) is 91.7 Å². The molecule has 0 spiro atoms. The molecule has 4 aliphatic rings. The van der Waals surface area contributed by atoms with E-state index in [1.807, 2.05) is 11.1 Å². The van der Waals surface area contributed by atoms with Crippen molar-refractivity contribution in [3.63, 3.8) is 0 Å². The van der Waals surface area contributed by atoms with Crippen LogP contribution in [0, 0.1) is 0 Å². The summed E-state index contributed by atoms with van der Waals surface area (Å²) >= 11 is 0. The van der Waals surface area contributed by atoms with Crippen LogP contribution >= 0.6 is 0 Å². The third-order valence-electron chi connectivity index (χ3n) is 7.32. The molecule has 2 N–H and O–H groups in total. The molecule has 2 aromatic rings. The van der Waals surface area contributed by atoms with Crippen LogP contribution < -0.4 is 25.8 Å². The molecule has 0 radical (unpaired) electrons. The van der Waals surface area contributed by atoms with Gasteiger partial charge in [0.2, 0.25) is 5.91 Å². The number of rotatable bonds is 5. The van der Waals surface area contributed by atoms with Crippen molar-refractivity contribution in [3.8, 4) is 5.75 Å². The molecular weight excluding hydrogens is 420 g/mol. The molecule has 174 valence electrons. The van der Waals surface area contributed by atoms with E-state index in [4.69, 9.17) is 4.74 Å². The summed E-state index contributed by atoms with van der Waals surface area (Å²) in [6.45, 7) is 5.19. The lowest BCUT2D eigenvalue weighted by atomic mass is 10.0. The number of anilines is 2. The summed E-state index contributed by atoms with van der Waals surface area (Å²) in [6.07, 6.45) is 6.13. The minimum Gasteiger partial charge on any atom is -0.492 e. The van der Waals surface area contributed by atoms with Crippen molar-refractivity contribution in [2.75, 3.05) is 43.0 Å². The van der Waals surface area contributed by atoms with Gasteiger partial charge in [-0.25, -0.2) is 0 Å². The molecule has 9 nitrogen and oxygen atoms in total. The van der Waals surface area contributed by atoms with Gasteiger partial charge in [-0.2, -0.15) is 0 Å². The van der Waals surface area contributed by atoms with E-state index < -0.39 is 0 Å². The van der Waals surface area contributed by atoms with Gasteiger partial charge >= 0.3 is 0 Å². The van der Waals surface area contributed by atoms with Crippen LogP contribution in [-0.4, -0.2) is 65.2 Å². The third kappa shape index (κ3) is 3.89. The van der Waals surface area contributed by atoms with Crippen molar-refractivity contribution < 1.29 is 9.53 Å². The van der Waals surface area contributed by atoms with E-state index in [-0.39, 0.29) is 24.1 Å². The SMILES string of the molecule is O=C1CNc2ccc(=O)n3c2N1C(CN1CCC(NCc2cc4c(cn2)OCCC4)CC1)C3. The average molecular weight is 451 g/mol. The van der Waals surface area contributed by atoms with Gasteiger partial charge in [0.25, 0.3) is 5.56 Å². The standard InChI is InChI=1S/C24H30N6O3/c31-22-4-3-20-24-29(22)15-19(30(24)23(32)13-27-20)14-28-7-5-17(6-8-28)25-11-18-10-16-2-1-9-33-21(16)12-26-18/h3-4,10,12,17,19,25,27H,1-2,5-9,11,13-15H2. The highest BCUT2D eigenvalue weighted by Gasteiger charge is 2.40. The number of nitrogens with one attached hydrogen (secondary N) is 2. The fourth-order valence-corrected chi connectivity index (χ4v) is 5.59. The van der Waals surface area contributed by atoms with Crippen molar-refractivity contribution in [3.05, 3.63) is 46.0 Å². The Kier molecular flexibility index (Phi) is 5.30. The molecule has 0 aromatic carbocycles. The molecule has 1 fully saturated rings. The Hall–Kier alpha value is -2.91. The zero-order valence-corrected chi connectivity index (χ0v) is 18.8. The average Bonchev–Trinajstić information content (AvgIpc) is 3.23. The van der Waals surface area contributed by atoms with E-state index in [0.717, 1.165) is 81.4 Å². The number of fused-ring (bicyclic) bond motifs is 1. The number of likely N-dealkylation sites (tertiary alicyclic amines) is 1. The first-order valence-electron chi connectivity index (χ1n) is 12.0. The molecule has 33 heavy (non-hydrogen) atoms. The fourth-order valence-electron chi connectivity index (χ4n) is 5.59. The molecule has 6 heterocycles. The number of nitrogens with zero attached hydrogens (tertiary/aromatic N) is 4. The Bertz CT molecular complexity index is 1120. The monoisotopic (exact) mass is 450 g/mol. The van der Waals surface area contributed by atoms with Crippen LogP contribution in [0.2, 0.25) is 0 Å². The Morgan fingerprint density at radius 1 is 1.21 bits per heavy atom. The first-order valence-corrected chi connectivity index (χ1v) is 12.0. The van der Waals surface area contributed by atoms with Crippen LogP contribution in [0.15, 0.2) is 29.2 Å². The number of carbonyl (C=O) groups excluding carboxylic acids is 1. The van der Waals surface area contributed by atoms with Crippen molar-refractivity contribution in [2.24, 2.45) is 0 Å². The third-order valence-corrected chi connectivity index (χ3v) is 7.32. The predicted octanol–water partition coefficient (Wildman–Crippen LogP) is 0.963. The van der Waals surface area contributed by atoms with Crippen molar-refractivity contribution in [1.82, 2.24) is 19.8 Å². The minimum absolute atomic E-state index is 0.0138. The van der Waals surface area contributed by atoms with Gasteiger partial charge in [0.05, 0.1) is 36.8 Å². The van der Waals surface area contributed by atoms with Crippen LogP contribution in [0.3, 0.4) is 0 Å². The molecule has 4 aliphatic heterocycles. The number of pyridine rings is 2. The van der Waals surface area contributed by atoms with Gasteiger partial charge in [0, 0.05) is 31.7 Å². The van der Waals surface area contributed by atoms with Gasteiger partial charge in [-0.15, -0.1) is 0 Å². The second-order valence-electron chi connectivity index (χ2n) is 9.48. The van der Waals surface area contributed by atoms with Gasteiger partial charge in [-0.05, 0) is 56.5 Å². The summed E-state index contributed by atoms with van der Waals surface area (Å²) in [7, 11) is 0. The second kappa shape index (κ2) is 8.46. The van der Waals surface area contributed by atoms with Crippen LogP contribution in [0.1, 0.15) is 30.5 Å². The van der Waals surface area contributed by atoms with Crippen molar-refractivity contribution in [1.29, 1.82) is 0 Å². The lowest BCUT2D eigenvalue weighted by Crippen LogP contribution is -2.51. The van der Waals surface area contributed by atoms with E-state index in [1.165, 1.54) is 5.56 Å². The van der Waals surface area contributed by atoms with E-state index in [2.05, 4.69) is 26.6 Å². The molecule has 9 heteroatoms. The molecule has 1 saturated heterocycles. The number of piperidine rings is 1. The van der Waals surface area contributed by atoms with Crippen LogP contribution in [0.25, 0.3) is 0 Å². The molecule has 0 bridgehead atoms. The first-order chi connectivity index (χ1) is 16.2. The smallest absolute Gasteiger partial charge is 0.252 e. The largest absolute Gasteiger partial charge is 0.492 e. The summed E-state index contributed by atoms with van der Waals surface area (Å²) in [5, 5.41) is 6.82. The molecule has 1 atom stereocenters. The van der Waals surface area contributed by atoms with E-state index in [9.17, 15) is 9.59 Å². The predicted molar refractivity (Wildman–Crippen MR) is 125 cm³/mol. The molecule has 6 rings (SSSR count). The number of hydrogen-bond donors (Lipinski definition) is 2. The van der Waals surface area contributed by atoms with Crippen LogP contribution in [0.4, 0.5) is 11.5 Å². The molecule has 2 aromatic heterocycles. The summed E-state index contributed by atoms with van der Waals surface area (Å²) in [5.74, 6) is 1.72. The summed E-state index contributed by atoms with van der Waals surface area (Å²) in [6, 6.07) is 6.03. The quantitative estimate of drug-likeness (QED) is 0.701. The van der Waals surface area contributed by atoms with Gasteiger partial charge in [-0.1, -0.05) is 0 Å².